The van der Waals surface area contributed by atoms with Crippen LogP contribution in [0.25, 0.3) is 10.8 Å². The van der Waals surface area contributed by atoms with Crippen LogP contribution >= 0.6 is 11.6 Å². The van der Waals surface area contributed by atoms with E-state index in [0.29, 0.717) is 21.5 Å². The van der Waals surface area contributed by atoms with Crippen molar-refractivity contribution >= 4 is 22.4 Å². The van der Waals surface area contributed by atoms with Gasteiger partial charge in [-0.15, -0.1) is 0 Å². The van der Waals surface area contributed by atoms with E-state index in [9.17, 15) is 4.79 Å². The maximum absolute atomic E-state index is 11.4. The van der Waals surface area contributed by atoms with Gasteiger partial charge in [-0.3, -0.25) is 4.79 Å². The van der Waals surface area contributed by atoms with Gasteiger partial charge in [0.25, 0.3) is 5.56 Å². The second-order valence-electron chi connectivity index (χ2n) is 2.85. The summed E-state index contributed by atoms with van der Waals surface area (Å²) in [6.45, 7) is 0. The van der Waals surface area contributed by atoms with Gasteiger partial charge in [-0.25, -0.2) is 0 Å². The van der Waals surface area contributed by atoms with Crippen molar-refractivity contribution in [1.82, 2.24) is 4.98 Å². The summed E-state index contributed by atoms with van der Waals surface area (Å²) in [6, 6.07) is 5.24. The van der Waals surface area contributed by atoms with Crippen LogP contribution in [0.5, 0.6) is 5.75 Å². The first kappa shape index (κ1) is 9.09. The molecule has 0 amide bonds. The summed E-state index contributed by atoms with van der Waals surface area (Å²) in [4.78, 5) is 14.0. The van der Waals surface area contributed by atoms with Crippen molar-refractivity contribution in [3.8, 4) is 5.75 Å². The highest BCUT2D eigenvalue weighted by molar-refractivity contribution is 6.35. The average Bonchev–Trinajstić information content (AvgIpc) is 2.23. The van der Waals surface area contributed by atoms with Gasteiger partial charge in [0, 0.05) is 11.6 Å². The van der Waals surface area contributed by atoms with Crippen LogP contribution in [0.15, 0.2) is 29.2 Å². The van der Waals surface area contributed by atoms with Crippen molar-refractivity contribution in [2.45, 2.75) is 0 Å². The number of ether oxygens (including phenoxy) is 1. The summed E-state index contributed by atoms with van der Waals surface area (Å²) < 4.78 is 5.13. The third kappa shape index (κ3) is 1.26. The van der Waals surface area contributed by atoms with Crippen molar-refractivity contribution < 1.29 is 4.74 Å². The van der Waals surface area contributed by atoms with Crippen LogP contribution in [0.1, 0.15) is 0 Å². The first-order chi connectivity index (χ1) is 6.74. The molecule has 2 rings (SSSR count). The van der Waals surface area contributed by atoms with E-state index < -0.39 is 0 Å². The van der Waals surface area contributed by atoms with Crippen LogP contribution < -0.4 is 10.3 Å². The molecule has 1 aromatic heterocycles. The minimum atomic E-state index is -0.164. The Kier molecular flexibility index (Phi) is 2.17. The van der Waals surface area contributed by atoms with E-state index in [4.69, 9.17) is 16.3 Å². The summed E-state index contributed by atoms with van der Waals surface area (Å²) in [5.41, 5.74) is -0.164. The van der Waals surface area contributed by atoms with Gasteiger partial charge in [-0.2, -0.15) is 0 Å². The van der Waals surface area contributed by atoms with Crippen molar-refractivity contribution in [3.63, 3.8) is 0 Å². The van der Waals surface area contributed by atoms with Gasteiger partial charge >= 0.3 is 0 Å². The number of methoxy groups -OCH3 is 1. The molecule has 0 unspecified atom stereocenters. The minimum Gasteiger partial charge on any atom is -0.496 e. The number of aromatic amines is 1. The van der Waals surface area contributed by atoms with Crippen molar-refractivity contribution in [2.75, 3.05) is 7.11 Å². The molecular formula is C10H8ClNO2. The highest BCUT2D eigenvalue weighted by Gasteiger charge is 2.07. The Labute approximate surface area is 85.3 Å². The summed E-state index contributed by atoms with van der Waals surface area (Å²) in [5, 5.41) is 1.68. The van der Waals surface area contributed by atoms with Crippen LogP contribution in [-0.2, 0) is 0 Å². The Morgan fingerprint density at radius 1 is 1.43 bits per heavy atom. The SMILES string of the molecule is COc1cccc2c(=O)[nH]cc(Cl)c12. The molecule has 0 saturated heterocycles. The largest absolute Gasteiger partial charge is 0.496 e. The third-order valence-electron chi connectivity index (χ3n) is 2.06. The fraction of sp³-hybridized carbons (Fsp3) is 0.100. The van der Waals surface area contributed by atoms with Gasteiger partial charge in [0.15, 0.2) is 0 Å². The molecule has 0 fully saturated rings. The number of rotatable bonds is 1. The van der Waals surface area contributed by atoms with Gasteiger partial charge in [0.05, 0.1) is 17.5 Å². The molecule has 1 heterocycles. The lowest BCUT2D eigenvalue weighted by atomic mass is 10.1. The highest BCUT2D eigenvalue weighted by Crippen LogP contribution is 2.28. The summed E-state index contributed by atoms with van der Waals surface area (Å²) in [6.07, 6.45) is 1.47. The molecule has 0 aliphatic heterocycles. The predicted octanol–water partition coefficient (Wildman–Crippen LogP) is 2.19. The Hall–Kier alpha value is -1.48. The van der Waals surface area contributed by atoms with Crippen LogP contribution in [0.4, 0.5) is 0 Å². The lowest BCUT2D eigenvalue weighted by Crippen LogP contribution is -2.05. The summed E-state index contributed by atoms with van der Waals surface area (Å²) in [5.74, 6) is 0.610. The fourth-order valence-electron chi connectivity index (χ4n) is 1.42. The zero-order valence-electron chi connectivity index (χ0n) is 7.50. The van der Waals surface area contributed by atoms with Crippen LogP contribution in [0.2, 0.25) is 5.02 Å². The van der Waals surface area contributed by atoms with Crippen LogP contribution in [-0.4, -0.2) is 12.1 Å². The molecule has 0 radical (unpaired) electrons. The summed E-state index contributed by atoms with van der Waals surface area (Å²) in [7, 11) is 1.55. The van der Waals surface area contributed by atoms with Crippen molar-refractivity contribution in [2.24, 2.45) is 0 Å². The van der Waals surface area contributed by atoms with E-state index in [-0.39, 0.29) is 5.56 Å². The average molecular weight is 210 g/mol. The Balaban J connectivity index is 2.99. The van der Waals surface area contributed by atoms with Gasteiger partial charge < -0.3 is 9.72 Å². The van der Waals surface area contributed by atoms with Gasteiger partial charge in [-0.1, -0.05) is 17.7 Å². The van der Waals surface area contributed by atoms with Crippen LogP contribution in [0, 0.1) is 0 Å². The number of halogens is 1. The molecule has 4 heteroatoms. The van der Waals surface area contributed by atoms with Gasteiger partial charge in [0.2, 0.25) is 0 Å². The lowest BCUT2D eigenvalue weighted by molar-refractivity contribution is 0.420. The molecule has 0 bridgehead atoms. The molecule has 0 spiro atoms. The molecular weight excluding hydrogens is 202 g/mol. The zero-order chi connectivity index (χ0) is 10.1. The number of fused-ring (bicyclic) bond motifs is 1. The number of nitrogens with one attached hydrogen (secondary N) is 1. The second-order valence-corrected chi connectivity index (χ2v) is 3.26. The van der Waals surface area contributed by atoms with Crippen molar-refractivity contribution in [3.05, 3.63) is 39.8 Å². The number of hydrogen-bond acceptors (Lipinski definition) is 2. The first-order valence-corrected chi connectivity index (χ1v) is 4.45. The molecule has 14 heavy (non-hydrogen) atoms. The molecule has 0 atom stereocenters. The second kappa shape index (κ2) is 3.35. The molecule has 1 aromatic carbocycles. The van der Waals surface area contributed by atoms with Crippen molar-refractivity contribution in [1.29, 1.82) is 0 Å². The first-order valence-electron chi connectivity index (χ1n) is 4.08. The number of hydrogen-bond donors (Lipinski definition) is 1. The topological polar surface area (TPSA) is 42.1 Å². The highest BCUT2D eigenvalue weighted by atomic mass is 35.5. The molecule has 0 aliphatic carbocycles. The smallest absolute Gasteiger partial charge is 0.256 e. The number of benzene rings is 1. The molecule has 0 aliphatic rings. The monoisotopic (exact) mass is 209 g/mol. The normalized spacial score (nSPS) is 10.4. The van der Waals surface area contributed by atoms with Crippen LogP contribution in [0.3, 0.4) is 0 Å². The van der Waals surface area contributed by atoms with E-state index in [1.54, 1.807) is 25.3 Å². The van der Waals surface area contributed by atoms with Gasteiger partial charge in [0.1, 0.15) is 5.75 Å². The Morgan fingerprint density at radius 3 is 2.93 bits per heavy atom. The van der Waals surface area contributed by atoms with E-state index >= 15 is 0 Å². The van der Waals surface area contributed by atoms with E-state index in [2.05, 4.69) is 4.98 Å². The van der Waals surface area contributed by atoms with E-state index in [1.165, 1.54) is 6.20 Å². The predicted molar refractivity (Wildman–Crippen MR) is 56.1 cm³/mol. The number of pyridine rings is 1. The number of H-pyrrole nitrogens is 1. The molecule has 72 valence electrons. The van der Waals surface area contributed by atoms with E-state index in [0.717, 1.165) is 0 Å². The summed E-state index contributed by atoms with van der Waals surface area (Å²) >= 11 is 5.96. The quantitative estimate of drug-likeness (QED) is 0.782. The molecule has 0 saturated carbocycles. The minimum absolute atomic E-state index is 0.164. The fourth-order valence-corrected chi connectivity index (χ4v) is 1.67. The molecule has 2 aromatic rings. The standard InChI is InChI=1S/C10H8ClNO2/c1-14-8-4-2-3-6-9(8)7(11)5-12-10(6)13/h2-5H,1H3,(H,12,13). The maximum Gasteiger partial charge on any atom is 0.256 e. The lowest BCUT2D eigenvalue weighted by Gasteiger charge is -2.05. The third-order valence-corrected chi connectivity index (χ3v) is 2.36. The zero-order valence-corrected chi connectivity index (χ0v) is 8.26. The Morgan fingerprint density at radius 2 is 2.21 bits per heavy atom. The van der Waals surface area contributed by atoms with Gasteiger partial charge in [-0.05, 0) is 12.1 Å². The molecule has 1 N–H and O–H groups in total. The number of aromatic nitrogens is 1. The van der Waals surface area contributed by atoms with E-state index in [1.807, 2.05) is 0 Å². The Bertz CT molecular complexity index is 533. The maximum atomic E-state index is 11.4. The molecule has 3 nitrogen and oxygen atoms in total.